The van der Waals surface area contributed by atoms with Crippen molar-refractivity contribution >= 4 is 5.91 Å². The van der Waals surface area contributed by atoms with Crippen LogP contribution in [0.25, 0.3) is 0 Å². The predicted molar refractivity (Wildman–Crippen MR) is 146 cm³/mol. The number of hydrogen-bond acceptors (Lipinski definition) is 4. The third-order valence-electron chi connectivity index (χ3n) is 8.47. The van der Waals surface area contributed by atoms with Gasteiger partial charge in [0.05, 0.1) is 12.2 Å². The van der Waals surface area contributed by atoms with Crippen molar-refractivity contribution in [3.05, 3.63) is 83.4 Å². The molecular weight excluding hydrogens is 524 g/mol. The van der Waals surface area contributed by atoms with Crippen LogP contribution in [0.2, 0.25) is 0 Å². The van der Waals surface area contributed by atoms with Gasteiger partial charge in [-0.3, -0.25) is 9.69 Å². The summed E-state index contributed by atoms with van der Waals surface area (Å²) in [6, 6.07) is 2.50. The minimum Gasteiger partial charge on any atom is -0.508 e. The molecule has 2 saturated heterocycles. The predicted octanol–water partition coefficient (Wildman–Crippen LogP) is 6.63. The van der Waals surface area contributed by atoms with Crippen molar-refractivity contribution in [1.82, 2.24) is 10.2 Å². The number of rotatable bonds is 9. The van der Waals surface area contributed by atoms with Crippen molar-refractivity contribution in [2.24, 2.45) is 11.8 Å². The molecule has 9 heteroatoms. The van der Waals surface area contributed by atoms with E-state index in [9.17, 15) is 27.5 Å². The van der Waals surface area contributed by atoms with Crippen LogP contribution >= 0.6 is 0 Å². The summed E-state index contributed by atoms with van der Waals surface area (Å²) in [5.74, 6) is -0.887. The van der Waals surface area contributed by atoms with E-state index >= 15 is 0 Å². The molecule has 1 saturated carbocycles. The van der Waals surface area contributed by atoms with Crippen LogP contribution < -0.4 is 5.32 Å². The third-order valence-corrected chi connectivity index (χ3v) is 8.47. The Hall–Kier alpha value is -2.91. The van der Waals surface area contributed by atoms with Crippen LogP contribution in [0.5, 0.6) is 0 Å². The SMILES string of the molecule is C=C/C(=C\C(=C/C)C1CCN([C@@H]2CC[C@@](C(=O)NCc3cc(F)cc(C(F)(F)F)c3)(C3CC3)OC2)CC1)C(=C)O. The number of halogens is 4. The highest BCUT2D eigenvalue weighted by atomic mass is 19.4. The van der Waals surface area contributed by atoms with E-state index in [1.807, 2.05) is 13.0 Å². The van der Waals surface area contributed by atoms with E-state index < -0.39 is 23.2 Å². The number of benzene rings is 1. The monoisotopic (exact) mass is 562 g/mol. The van der Waals surface area contributed by atoms with Crippen LogP contribution in [0.3, 0.4) is 0 Å². The zero-order valence-electron chi connectivity index (χ0n) is 22.9. The summed E-state index contributed by atoms with van der Waals surface area (Å²) >= 11 is 0. The summed E-state index contributed by atoms with van der Waals surface area (Å²) in [5, 5.41) is 12.5. The molecule has 2 atom stereocenters. The molecule has 1 aromatic rings. The Morgan fingerprint density at radius 2 is 1.90 bits per heavy atom. The zero-order chi connectivity index (χ0) is 29.1. The number of nitrogens with zero attached hydrogens (tertiary/aromatic N) is 1. The lowest BCUT2D eigenvalue weighted by Crippen LogP contribution is -2.57. The van der Waals surface area contributed by atoms with Gasteiger partial charge >= 0.3 is 6.18 Å². The molecule has 0 unspecified atom stereocenters. The van der Waals surface area contributed by atoms with Crippen LogP contribution in [-0.2, 0) is 22.3 Å². The summed E-state index contributed by atoms with van der Waals surface area (Å²) in [7, 11) is 0. The van der Waals surface area contributed by atoms with Gasteiger partial charge < -0.3 is 15.2 Å². The van der Waals surface area contributed by atoms with Gasteiger partial charge in [0.15, 0.2) is 0 Å². The third kappa shape index (κ3) is 6.86. The minimum atomic E-state index is -4.67. The molecule has 1 aromatic carbocycles. The fourth-order valence-corrected chi connectivity index (χ4v) is 6.03. The Bertz CT molecular complexity index is 1170. The average molecular weight is 563 g/mol. The van der Waals surface area contributed by atoms with Gasteiger partial charge in [-0.05, 0) is 106 Å². The zero-order valence-corrected chi connectivity index (χ0v) is 22.9. The molecule has 5 nitrogen and oxygen atoms in total. The first kappa shape index (κ1) is 30.1. The van der Waals surface area contributed by atoms with Gasteiger partial charge in [-0.2, -0.15) is 13.2 Å². The number of piperidine rings is 1. The van der Waals surface area contributed by atoms with E-state index in [1.54, 1.807) is 6.08 Å². The second-order valence-electron chi connectivity index (χ2n) is 11.0. The molecule has 3 fully saturated rings. The lowest BCUT2D eigenvalue weighted by atomic mass is 9.84. The van der Waals surface area contributed by atoms with Crippen molar-refractivity contribution < 1.29 is 32.2 Å². The second-order valence-corrected chi connectivity index (χ2v) is 11.0. The molecule has 2 aliphatic heterocycles. The average Bonchev–Trinajstić information content (AvgIpc) is 3.78. The molecular formula is C31H38F4N2O3. The number of aliphatic hydroxyl groups is 1. The van der Waals surface area contributed by atoms with Gasteiger partial charge in [0, 0.05) is 18.2 Å². The minimum absolute atomic E-state index is 0.00341. The lowest BCUT2D eigenvalue weighted by molar-refractivity contribution is -0.165. The normalized spacial score (nSPS) is 25.5. The maximum absolute atomic E-state index is 13.8. The summed E-state index contributed by atoms with van der Waals surface area (Å²) in [4.78, 5) is 15.7. The van der Waals surface area contributed by atoms with Gasteiger partial charge in [-0.1, -0.05) is 25.3 Å². The molecule has 0 aromatic heterocycles. The van der Waals surface area contributed by atoms with Crippen LogP contribution in [0.4, 0.5) is 17.6 Å². The fourth-order valence-electron chi connectivity index (χ4n) is 6.03. The van der Waals surface area contributed by atoms with E-state index in [2.05, 4.69) is 29.5 Å². The molecule has 40 heavy (non-hydrogen) atoms. The molecule has 0 bridgehead atoms. The molecule has 1 aliphatic carbocycles. The Labute approximate surface area is 233 Å². The molecule has 1 amide bonds. The summed E-state index contributed by atoms with van der Waals surface area (Å²) in [5.41, 5.74) is -0.251. The summed E-state index contributed by atoms with van der Waals surface area (Å²) < 4.78 is 59.3. The van der Waals surface area contributed by atoms with Crippen molar-refractivity contribution in [1.29, 1.82) is 0 Å². The van der Waals surface area contributed by atoms with E-state index in [1.165, 1.54) is 0 Å². The van der Waals surface area contributed by atoms with E-state index in [0.717, 1.165) is 62.9 Å². The Morgan fingerprint density at radius 3 is 2.42 bits per heavy atom. The van der Waals surface area contributed by atoms with Crippen molar-refractivity contribution in [2.75, 3.05) is 19.7 Å². The number of alkyl halides is 3. The van der Waals surface area contributed by atoms with E-state index in [-0.39, 0.29) is 35.7 Å². The fraction of sp³-hybridized carbons (Fsp3) is 0.516. The standard InChI is InChI=1S/C31H38F4N2O3/c1-4-22(20(3)38)16-23(5-2)24-9-12-37(13-10-24)28-8-11-30(40-19-28,25-6-7-25)29(39)36-18-21-14-26(31(33,34)35)17-27(32)15-21/h4-5,14-17,24-25,28,38H,1,3,6-13,18-19H2,2H3,(H,36,39)/b22-16+,23-5+/t28-,30+/m1/s1. The number of carbonyl (C=O) groups excluding carboxylic acids is 1. The topological polar surface area (TPSA) is 61.8 Å². The smallest absolute Gasteiger partial charge is 0.416 e. The number of aliphatic hydroxyl groups excluding tert-OH is 1. The maximum Gasteiger partial charge on any atom is 0.416 e. The molecule has 0 radical (unpaired) electrons. The molecule has 4 rings (SSSR count). The number of amides is 1. The largest absolute Gasteiger partial charge is 0.508 e. The van der Waals surface area contributed by atoms with E-state index in [0.29, 0.717) is 30.6 Å². The quantitative estimate of drug-likeness (QED) is 0.202. The van der Waals surface area contributed by atoms with E-state index in [4.69, 9.17) is 4.74 Å². The van der Waals surface area contributed by atoms with Gasteiger partial charge in [0.1, 0.15) is 17.2 Å². The van der Waals surface area contributed by atoms with Gasteiger partial charge in [-0.15, -0.1) is 0 Å². The first-order valence-electron chi connectivity index (χ1n) is 13.9. The molecule has 218 valence electrons. The Morgan fingerprint density at radius 1 is 1.20 bits per heavy atom. The molecule has 0 spiro atoms. The van der Waals surface area contributed by atoms with Crippen LogP contribution in [-0.4, -0.2) is 47.3 Å². The van der Waals surface area contributed by atoms with Gasteiger partial charge in [-0.25, -0.2) is 4.39 Å². The highest BCUT2D eigenvalue weighted by molar-refractivity contribution is 5.86. The van der Waals surface area contributed by atoms with Crippen molar-refractivity contribution in [3.8, 4) is 0 Å². The van der Waals surface area contributed by atoms with Crippen LogP contribution in [0.15, 0.2) is 66.5 Å². The lowest BCUT2D eigenvalue weighted by Gasteiger charge is -2.45. The van der Waals surface area contributed by atoms with Gasteiger partial charge in [0.25, 0.3) is 5.91 Å². The van der Waals surface area contributed by atoms with Gasteiger partial charge in [0.2, 0.25) is 0 Å². The Kier molecular flexibility index (Phi) is 9.25. The number of allylic oxidation sites excluding steroid dienone is 4. The van der Waals surface area contributed by atoms with Crippen LogP contribution in [0, 0.1) is 17.7 Å². The summed E-state index contributed by atoms with van der Waals surface area (Å²) in [6.07, 6.45) is 5.91. The maximum atomic E-state index is 13.8. The first-order chi connectivity index (χ1) is 19.0. The summed E-state index contributed by atoms with van der Waals surface area (Å²) in [6.45, 7) is 11.3. The first-order valence-corrected chi connectivity index (χ1v) is 13.9. The number of likely N-dealkylation sites (tertiary alicyclic amines) is 1. The highest BCUT2D eigenvalue weighted by Crippen LogP contribution is 2.47. The molecule has 3 aliphatic rings. The molecule has 2 N–H and O–H groups in total. The number of nitrogens with one attached hydrogen (secondary N) is 1. The van der Waals surface area contributed by atoms with Crippen molar-refractivity contribution in [3.63, 3.8) is 0 Å². The second kappa shape index (κ2) is 12.3. The Balaban J connectivity index is 1.33. The highest BCUT2D eigenvalue weighted by Gasteiger charge is 2.54. The number of hydrogen-bond donors (Lipinski definition) is 2. The molecule has 2 heterocycles. The number of ether oxygens (including phenoxy) is 1. The number of carbonyl (C=O) groups is 1. The van der Waals surface area contributed by atoms with Crippen molar-refractivity contribution in [2.45, 2.75) is 69.8 Å². The van der Waals surface area contributed by atoms with Crippen LogP contribution in [0.1, 0.15) is 56.6 Å².